The van der Waals surface area contributed by atoms with Crippen molar-refractivity contribution >= 4 is 5.91 Å². The van der Waals surface area contributed by atoms with Crippen LogP contribution >= 0.6 is 0 Å². The lowest BCUT2D eigenvalue weighted by molar-refractivity contribution is 0.0952. The number of amides is 1. The second kappa shape index (κ2) is 7.92. The van der Waals surface area contributed by atoms with Crippen LogP contribution in [0.15, 0.2) is 43.0 Å². The van der Waals surface area contributed by atoms with Crippen molar-refractivity contribution in [2.45, 2.75) is 31.7 Å². The molecule has 0 saturated carbocycles. The van der Waals surface area contributed by atoms with Gasteiger partial charge in [0.15, 0.2) is 0 Å². The third-order valence-electron chi connectivity index (χ3n) is 4.38. The van der Waals surface area contributed by atoms with Gasteiger partial charge in [-0.25, -0.2) is 4.98 Å². The summed E-state index contributed by atoms with van der Waals surface area (Å²) in [6, 6.07) is 8.07. The molecular weight excluding hydrogens is 288 g/mol. The molecule has 5 nitrogen and oxygen atoms in total. The van der Waals surface area contributed by atoms with Crippen molar-refractivity contribution in [2.75, 3.05) is 19.6 Å². The Morgan fingerprint density at radius 1 is 1.35 bits per heavy atom. The molecule has 1 fully saturated rings. The molecule has 1 amide bonds. The van der Waals surface area contributed by atoms with E-state index in [4.69, 9.17) is 0 Å². The monoisotopic (exact) mass is 312 g/mol. The molecule has 5 heteroatoms. The van der Waals surface area contributed by atoms with E-state index < -0.39 is 0 Å². The van der Waals surface area contributed by atoms with Crippen molar-refractivity contribution in [3.05, 3.63) is 54.1 Å². The van der Waals surface area contributed by atoms with E-state index in [0.717, 1.165) is 31.6 Å². The SMILES string of the molecule is O=C(NCCCn1ccnc1)c1ccc([C@@H]2CCCNC2)cc1. The number of benzene rings is 1. The molecule has 2 N–H and O–H groups in total. The smallest absolute Gasteiger partial charge is 0.251 e. The Hall–Kier alpha value is -2.14. The number of carbonyl (C=O) groups excluding carboxylic acids is 1. The summed E-state index contributed by atoms with van der Waals surface area (Å²) in [5.41, 5.74) is 2.06. The van der Waals surface area contributed by atoms with Gasteiger partial charge in [0.2, 0.25) is 0 Å². The molecule has 2 heterocycles. The quantitative estimate of drug-likeness (QED) is 0.804. The highest BCUT2D eigenvalue weighted by atomic mass is 16.1. The van der Waals surface area contributed by atoms with E-state index in [1.165, 1.54) is 18.4 Å². The zero-order valence-corrected chi connectivity index (χ0v) is 13.4. The maximum Gasteiger partial charge on any atom is 0.251 e. The third-order valence-corrected chi connectivity index (χ3v) is 4.38. The molecule has 0 aliphatic carbocycles. The Kier molecular flexibility index (Phi) is 5.42. The summed E-state index contributed by atoms with van der Waals surface area (Å²) in [5, 5.41) is 6.41. The first-order valence-electron chi connectivity index (χ1n) is 8.37. The molecule has 1 atom stereocenters. The van der Waals surface area contributed by atoms with E-state index in [-0.39, 0.29) is 5.91 Å². The lowest BCUT2D eigenvalue weighted by Crippen LogP contribution is -2.28. The minimum Gasteiger partial charge on any atom is -0.352 e. The number of nitrogens with zero attached hydrogens (tertiary/aromatic N) is 2. The van der Waals surface area contributed by atoms with Gasteiger partial charge in [0.25, 0.3) is 5.91 Å². The van der Waals surface area contributed by atoms with Crippen LogP contribution in [0.1, 0.15) is 41.1 Å². The molecule has 1 aromatic heterocycles. The number of carbonyl (C=O) groups is 1. The van der Waals surface area contributed by atoms with Crippen molar-refractivity contribution in [1.82, 2.24) is 20.2 Å². The van der Waals surface area contributed by atoms with Gasteiger partial charge in [0.1, 0.15) is 0 Å². The van der Waals surface area contributed by atoms with Crippen LogP contribution in [0.4, 0.5) is 0 Å². The van der Waals surface area contributed by atoms with Gasteiger partial charge in [0.05, 0.1) is 6.33 Å². The van der Waals surface area contributed by atoms with Gasteiger partial charge in [-0.3, -0.25) is 4.79 Å². The molecule has 0 bridgehead atoms. The van der Waals surface area contributed by atoms with Gasteiger partial charge >= 0.3 is 0 Å². The predicted molar refractivity (Wildman–Crippen MR) is 90.5 cm³/mol. The van der Waals surface area contributed by atoms with E-state index in [0.29, 0.717) is 12.5 Å². The van der Waals surface area contributed by atoms with E-state index in [1.54, 1.807) is 12.5 Å². The number of aryl methyl sites for hydroxylation is 1. The molecule has 0 spiro atoms. The van der Waals surface area contributed by atoms with E-state index in [9.17, 15) is 4.79 Å². The minimum atomic E-state index is 0.00366. The Bertz CT molecular complexity index is 600. The molecule has 1 saturated heterocycles. The first kappa shape index (κ1) is 15.7. The highest BCUT2D eigenvalue weighted by Crippen LogP contribution is 2.23. The zero-order valence-electron chi connectivity index (χ0n) is 13.4. The maximum atomic E-state index is 12.2. The summed E-state index contributed by atoms with van der Waals surface area (Å²) < 4.78 is 2.01. The fourth-order valence-electron chi connectivity index (χ4n) is 3.03. The Morgan fingerprint density at radius 3 is 2.91 bits per heavy atom. The van der Waals surface area contributed by atoms with Crippen molar-refractivity contribution in [3.63, 3.8) is 0 Å². The highest BCUT2D eigenvalue weighted by Gasteiger charge is 2.15. The number of hydrogen-bond donors (Lipinski definition) is 2. The van der Waals surface area contributed by atoms with Crippen LogP contribution in [0, 0.1) is 0 Å². The van der Waals surface area contributed by atoms with E-state index in [2.05, 4.69) is 27.8 Å². The second-order valence-corrected chi connectivity index (χ2v) is 6.08. The Balaban J connectivity index is 1.45. The number of rotatable bonds is 6. The molecule has 122 valence electrons. The van der Waals surface area contributed by atoms with Crippen LogP contribution in [0.25, 0.3) is 0 Å². The molecule has 0 unspecified atom stereocenters. The molecular formula is C18H24N4O. The van der Waals surface area contributed by atoms with Gasteiger partial charge in [-0.15, -0.1) is 0 Å². The fraction of sp³-hybridized carbons (Fsp3) is 0.444. The van der Waals surface area contributed by atoms with Gasteiger partial charge in [-0.05, 0) is 49.4 Å². The summed E-state index contributed by atoms with van der Waals surface area (Å²) in [7, 11) is 0. The number of piperidine rings is 1. The minimum absolute atomic E-state index is 0.00366. The second-order valence-electron chi connectivity index (χ2n) is 6.08. The van der Waals surface area contributed by atoms with Crippen LogP contribution in [0.2, 0.25) is 0 Å². The van der Waals surface area contributed by atoms with Crippen LogP contribution < -0.4 is 10.6 Å². The van der Waals surface area contributed by atoms with E-state index in [1.807, 2.05) is 22.9 Å². The topological polar surface area (TPSA) is 59.0 Å². The van der Waals surface area contributed by atoms with Crippen molar-refractivity contribution in [3.8, 4) is 0 Å². The van der Waals surface area contributed by atoms with Gasteiger partial charge in [0, 0.05) is 37.6 Å². The standard InChI is InChI=1S/C18H24N4O/c23-18(21-9-2-11-22-12-10-20-14-22)16-6-4-15(5-7-16)17-3-1-8-19-13-17/h4-7,10,12,14,17,19H,1-3,8-9,11,13H2,(H,21,23)/t17-/m1/s1. The largest absolute Gasteiger partial charge is 0.352 e. The van der Waals surface area contributed by atoms with Gasteiger partial charge in [-0.1, -0.05) is 12.1 Å². The van der Waals surface area contributed by atoms with Crippen molar-refractivity contribution < 1.29 is 4.79 Å². The summed E-state index contributed by atoms with van der Waals surface area (Å²) >= 11 is 0. The maximum absolute atomic E-state index is 12.2. The number of imidazole rings is 1. The summed E-state index contributed by atoms with van der Waals surface area (Å²) in [6.07, 6.45) is 8.84. The van der Waals surface area contributed by atoms with Crippen molar-refractivity contribution in [1.29, 1.82) is 0 Å². The molecule has 2 aromatic rings. The van der Waals surface area contributed by atoms with Crippen LogP contribution in [-0.4, -0.2) is 35.1 Å². The lowest BCUT2D eigenvalue weighted by Gasteiger charge is -2.23. The van der Waals surface area contributed by atoms with Gasteiger partial charge < -0.3 is 15.2 Å². The average Bonchev–Trinajstić information content (AvgIpc) is 3.13. The number of aromatic nitrogens is 2. The average molecular weight is 312 g/mol. The summed E-state index contributed by atoms with van der Waals surface area (Å²) in [5.74, 6) is 0.583. The Morgan fingerprint density at radius 2 is 2.22 bits per heavy atom. The van der Waals surface area contributed by atoms with Gasteiger partial charge in [-0.2, -0.15) is 0 Å². The zero-order chi connectivity index (χ0) is 15.9. The van der Waals surface area contributed by atoms with Crippen LogP contribution in [0.5, 0.6) is 0 Å². The molecule has 3 rings (SSSR count). The number of hydrogen-bond acceptors (Lipinski definition) is 3. The third kappa shape index (κ3) is 4.42. The first-order chi connectivity index (χ1) is 11.3. The molecule has 1 aliphatic rings. The summed E-state index contributed by atoms with van der Waals surface area (Å²) in [6.45, 7) is 3.70. The lowest BCUT2D eigenvalue weighted by atomic mass is 9.91. The molecule has 1 aliphatic heterocycles. The predicted octanol–water partition coefficient (Wildman–Crippen LogP) is 2.17. The Labute approximate surface area is 137 Å². The molecule has 23 heavy (non-hydrogen) atoms. The van der Waals surface area contributed by atoms with E-state index >= 15 is 0 Å². The first-order valence-corrected chi connectivity index (χ1v) is 8.37. The van der Waals surface area contributed by atoms with Crippen LogP contribution in [-0.2, 0) is 6.54 Å². The normalized spacial score (nSPS) is 17.8. The van der Waals surface area contributed by atoms with Crippen LogP contribution in [0.3, 0.4) is 0 Å². The number of nitrogens with one attached hydrogen (secondary N) is 2. The molecule has 1 aromatic carbocycles. The fourth-order valence-corrected chi connectivity index (χ4v) is 3.03. The molecule has 0 radical (unpaired) electrons. The summed E-state index contributed by atoms with van der Waals surface area (Å²) in [4.78, 5) is 16.2. The highest BCUT2D eigenvalue weighted by molar-refractivity contribution is 5.94. The van der Waals surface area contributed by atoms with Crippen molar-refractivity contribution in [2.24, 2.45) is 0 Å².